The van der Waals surface area contributed by atoms with Crippen LogP contribution in [-0.4, -0.2) is 0 Å². The molecule has 3 nitrogen and oxygen atoms in total. The van der Waals surface area contributed by atoms with Gasteiger partial charge in [0.1, 0.15) is 16.7 Å². The van der Waals surface area contributed by atoms with E-state index >= 15 is 0 Å². The fourth-order valence-corrected chi connectivity index (χ4v) is 7.28. The first kappa shape index (κ1) is 27.5. The maximum atomic E-state index is 6.89. The van der Waals surface area contributed by atoms with Gasteiger partial charge >= 0.3 is 0 Å². The summed E-state index contributed by atoms with van der Waals surface area (Å²) in [6.07, 6.45) is 0. The molecule has 2 aromatic heterocycles. The van der Waals surface area contributed by atoms with Crippen LogP contribution in [0, 0.1) is 0 Å². The molecule has 0 aliphatic rings. The SMILES string of the molecule is c1ccc(-c2cccc3c2oc2c(N(c4ccc(-c5ccc6oc7ccccc7c6c5)cc4)c4ccc5ccccc5c4)cccc23)cc1. The molecule has 230 valence electrons. The fourth-order valence-electron chi connectivity index (χ4n) is 7.28. The Morgan fingerprint density at radius 2 is 1.02 bits per heavy atom. The van der Waals surface area contributed by atoms with Gasteiger partial charge in [0.2, 0.25) is 0 Å². The average molecular weight is 628 g/mol. The first-order valence-corrected chi connectivity index (χ1v) is 16.6. The lowest BCUT2D eigenvalue weighted by molar-refractivity contribution is 0.669. The minimum absolute atomic E-state index is 0.857. The van der Waals surface area contributed by atoms with Crippen molar-refractivity contribution in [1.29, 1.82) is 0 Å². The molecule has 10 rings (SSSR count). The van der Waals surface area contributed by atoms with Gasteiger partial charge in [-0.1, -0.05) is 127 Å². The van der Waals surface area contributed by atoms with Gasteiger partial charge in [-0.15, -0.1) is 0 Å². The zero-order valence-corrected chi connectivity index (χ0v) is 26.5. The van der Waals surface area contributed by atoms with Crippen molar-refractivity contribution in [3.8, 4) is 22.3 Å². The number of fused-ring (bicyclic) bond motifs is 7. The van der Waals surface area contributed by atoms with Crippen LogP contribution in [0.15, 0.2) is 185 Å². The summed E-state index contributed by atoms with van der Waals surface area (Å²) < 4.78 is 13.0. The lowest BCUT2D eigenvalue weighted by atomic mass is 10.0. The van der Waals surface area contributed by atoms with Gasteiger partial charge < -0.3 is 13.7 Å². The summed E-state index contributed by atoms with van der Waals surface area (Å²) in [6.45, 7) is 0. The minimum Gasteiger partial charge on any atom is -0.456 e. The third-order valence-corrected chi connectivity index (χ3v) is 9.66. The molecule has 0 saturated carbocycles. The van der Waals surface area contributed by atoms with E-state index in [1.54, 1.807) is 0 Å². The monoisotopic (exact) mass is 627 g/mol. The third-order valence-electron chi connectivity index (χ3n) is 9.66. The Hall–Kier alpha value is -6.58. The number of anilines is 3. The molecular formula is C46H29NO2. The summed E-state index contributed by atoms with van der Waals surface area (Å²) in [6, 6.07) is 62.0. The lowest BCUT2D eigenvalue weighted by Gasteiger charge is -2.26. The summed E-state index contributed by atoms with van der Waals surface area (Å²) in [4.78, 5) is 2.32. The molecule has 49 heavy (non-hydrogen) atoms. The fraction of sp³-hybridized carbons (Fsp3) is 0. The van der Waals surface area contributed by atoms with Gasteiger partial charge in [0, 0.05) is 38.5 Å². The standard InChI is InChI=1S/C46H29NO2/c1-2-11-32(12-3-1)37-15-8-16-39-40-17-9-18-42(46(40)49-45(37)39)47(36-26-22-30-10-4-5-13-33(30)28-36)35-24-20-31(21-25-35)34-23-27-44-41(29-34)38-14-6-7-19-43(38)48-44/h1-29H. The number of nitrogens with zero attached hydrogens (tertiary/aromatic N) is 1. The number of hydrogen-bond donors (Lipinski definition) is 0. The van der Waals surface area contributed by atoms with E-state index in [4.69, 9.17) is 8.83 Å². The van der Waals surface area contributed by atoms with Crippen LogP contribution in [0.2, 0.25) is 0 Å². The molecule has 2 heterocycles. The molecular weight excluding hydrogens is 599 g/mol. The second-order valence-electron chi connectivity index (χ2n) is 12.5. The number of para-hydroxylation sites is 3. The smallest absolute Gasteiger partial charge is 0.159 e. The average Bonchev–Trinajstić information content (AvgIpc) is 3.74. The Bertz CT molecular complexity index is 2830. The molecule has 3 heteroatoms. The predicted octanol–water partition coefficient (Wildman–Crippen LogP) is 13.4. The highest BCUT2D eigenvalue weighted by molar-refractivity contribution is 6.14. The highest BCUT2D eigenvalue weighted by Crippen LogP contribution is 2.45. The maximum Gasteiger partial charge on any atom is 0.159 e. The van der Waals surface area contributed by atoms with Crippen LogP contribution < -0.4 is 4.90 Å². The molecule has 0 N–H and O–H groups in total. The molecule has 0 aliphatic heterocycles. The summed E-state index contributed by atoms with van der Waals surface area (Å²) in [5.41, 5.74) is 11.2. The van der Waals surface area contributed by atoms with Crippen molar-refractivity contribution in [2.75, 3.05) is 4.90 Å². The van der Waals surface area contributed by atoms with Crippen LogP contribution in [0.25, 0.3) is 76.9 Å². The van der Waals surface area contributed by atoms with Gasteiger partial charge in [0.15, 0.2) is 5.58 Å². The van der Waals surface area contributed by atoms with E-state index < -0.39 is 0 Å². The van der Waals surface area contributed by atoms with Crippen LogP contribution in [0.3, 0.4) is 0 Å². The highest BCUT2D eigenvalue weighted by atomic mass is 16.3. The number of benzene rings is 8. The number of furan rings is 2. The molecule has 0 spiro atoms. The van der Waals surface area contributed by atoms with E-state index in [0.717, 1.165) is 83.2 Å². The van der Waals surface area contributed by atoms with E-state index in [-0.39, 0.29) is 0 Å². The molecule has 0 aliphatic carbocycles. The lowest BCUT2D eigenvalue weighted by Crippen LogP contribution is -2.10. The first-order chi connectivity index (χ1) is 24.3. The molecule has 8 aromatic carbocycles. The van der Waals surface area contributed by atoms with Gasteiger partial charge in [0.25, 0.3) is 0 Å². The van der Waals surface area contributed by atoms with E-state index in [0.29, 0.717) is 0 Å². The zero-order chi connectivity index (χ0) is 32.3. The molecule has 0 radical (unpaired) electrons. The van der Waals surface area contributed by atoms with Crippen LogP contribution in [0.5, 0.6) is 0 Å². The second kappa shape index (κ2) is 11.0. The molecule has 0 bridgehead atoms. The zero-order valence-electron chi connectivity index (χ0n) is 26.5. The summed E-state index contributed by atoms with van der Waals surface area (Å²) in [7, 11) is 0. The molecule has 0 saturated heterocycles. The molecule has 0 fully saturated rings. The molecule has 0 amide bonds. The molecule has 0 atom stereocenters. The number of rotatable bonds is 5. The predicted molar refractivity (Wildman–Crippen MR) is 204 cm³/mol. The van der Waals surface area contributed by atoms with Crippen molar-refractivity contribution in [3.05, 3.63) is 176 Å². The number of hydrogen-bond acceptors (Lipinski definition) is 3. The van der Waals surface area contributed by atoms with Crippen molar-refractivity contribution in [1.82, 2.24) is 0 Å². The maximum absolute atomic E-state index is 6.89. The summed E-state index contributed by atoms with van der Waals surface area (Å²) in [5.74, 6) is 0. The quantitative estimate of drug-likeness (QED) is 0.190. The van der Waals surface area contributed by atoms with Crippen LogP contribution >= 0.6 is 0 Å². The van der Waals surface area contributed by atoms with Crippen LogP contribution in [-0.2, 0) is 0 Å². The van der Waals surface area contributed by atoms with Gasteiger partial charge in [-0.25, -0.2) is 0 Å². The highest BCUT2D eigenvalue weighted by Gasteiger charge is 2.21. The second-order valence-corrected chi connectivity index (χ2v) is 12.5. The van der Waals surface area contributed by atoms with Crippen molar-refractivity contribution in [2.24, 2.45) is 0 Å². The largest absolute Gasteiger partial charge is 0.456 e. The normalized spacial score (nSPS) is 11.7. The van der Waals surface area contributed by atoms with Gasteiger partial charge in [0.05, 0.1) is 5.69 Å². The minimum atomic E-state index is 0.857. The Balaban J connectivity index is 1.15. The van der Waals surface area contributed by atoms with Crippen LogP contribution in [0.1, 0.15) is 0 Å². The molecule has 0 unspecified atom stereocenters. The third kappa shape index (κ3) is 4.51. The topological polar surface area (TPSA) is 29.5 Å². The Kier molecular flexibility index (Phi) is 6.18. The van der Waals surface area contributed by atoms with E-state index in [9.17, 15) is 0 Å². The van der Waals surface area contributed by atoms with E-state index in [1.165, 1.54) is 10.8 Å². The van der Waals surface area contributed by atoms with Crippen molar-refractivity contribution in [2.45, 2.75) is 0 Å². The van der Waals surface area contributed by atoms with Gasteiger partial charge in [-0.2, -0.15) is 0 Å². The van der Waals surface area contributed by atoms with Crippen molar-refractivity contribution >= 4 is 71.7 Å². The Labute approximate surface area is 282 Å². The first-order valence-electron chi connectivity index (χ1n) is 16.6. The van der Waals surface area contributed by atoms with E-state index in [2.05, 4.69) is 163 Å². The molecule has 10 aromatic rings. The van der Waals surface area contributed by atoms with Crippen molar-refractivity contribution < 1.29 is 8.83 Å². The Morgan fingerprint density at radius 3 is 1.90 bits per heavy atom. The van der Waals surface area contributed by atoms with Gasteiger partial charge in [-0.3, -0.25) is 0 Å². The van der Waals surface area contributed by atoms with Crippen molar-refractivity contribution in [3.63, 3.8) is 0 Å². The van der Waals surface area contributed by atoms with Gasteiger partial charge in [-0.05, 0) is 76.0 Å². The van der Waals surface area contributed by atoms with E-state index in [1.807, 2.05) is 18.2 Å². The summed E-state index contributed by atoms with van der Waals surface area (Å²) >= 11 is 0. The summed E-state index contributed by atoms with van der Waals surface area (Å²) in [5, 5.41) is 6.85. The Morgan fingerprint density at radius 1 is 0.347 bits per heavy atom. The van der Waals surface area contributed by atoms with Crippen LogP contribution in [0.4, 0.5) is 17.1 Å².